The Kier molecular flexibility index (Phi) is 18.9. The SMILES string of the molecule is Cc1sc(-n2c3ccc(-n4c5ccc(C(C)(C)C)cc5c5cc(C(C)(C)C)ccc54)cc3c3cc(-n4c5ccc(C(C)(C)C)cc5c5cc(C(C)(C)C)ccc54)ccc32)cc1C1=C(c2cc(-n3c4ccc(-n5c6ccc(C(C)(C)C)cc6c6cc(C(C)(C)C)ccc65)cc4c4cc(-n5c6ccc(C(C)(C)C)cc6c6cc(C(C)(C)C)ccc65)ccc43)sc2C)C(F)(F)C(F)(F)C1(F)F. The van der Waals surface area contributed by atoms with Gasteiger partial charge in [-0.2, -0.15) is 26.3 Å². The van der Waals surface area contributed by atoms with Gasteiger partial charge in [-0.15, -0.1) is 22.7 Å². The number of allylic oxidation sites excluding steroid dienone is 2. The maximum Gasteiger partial charge on any atom is 0.380 e. The molecule has 14 heteroatoms. The first-order chi connectivity index (χ1) is 62.1. The Morgan fingerprint density at radius 2 is 0.346 bits per heavy atom. The highest BCUT2D eigenvalue weighted by molar-refractivity contribution is 7.15. The second-order valence-electron chi connectivity index (χ2n) is 46.3. The summed E-state index contributed by atoms with van der Waals surface area (Å²) in [7, 11) is 0. The van der Waals surface area contributed by atoms with Crippen molar-refractivity contribution in [2.24, 2.45) is 0 Å². The first kappa shape index (κ1) is 87.8. The van der Waals surface area contributed by atoms with Crippen LogP contribution in [0.25, 0.3) is 175 Å². The molecule has 1 aliphatic rings. The average Bonchev–Trinajstić information content (AvgIpc) is 1.52. The number of fused-ring (bicyclic) bond motifs is 18. The maximum absolute atomic E-state index is 18.2. The Morgan fingerprint density at radius 1 is 0.195 bits per heavy atom. The molecule has 1 aliphatic carbocycles. The third-order valence-corrected chi connectivity index (χ3v) is 31.0. The number of aromatic nitrogens is 6. The Balaban J connectivity index is 0.779. The molecule has 0 amide bonds. The average molecular weight is 1810 g/mol. The Hall–Kier alpha value is -11.8. The van der Waals surface area contributed by atoms with E-state index in [2.05, 4.69) is 403 Å². The van der Waals surface area contributed by atoms with Crippen molar-refractivity contribution in [1.29, 1.82) is 0 Å². The molecule has 21 rings (SSSR count). The molecule has 0 fully saturated rings. The molecule has 133 heavy (non-hydrogen) atoms. The van der Waals surface area contributed by atoms with E-state index in [4.69, 9.17) is 0 Å². The lowest BCUT2D eigenvalue weighted by Crippen LogP contribution is -2.48. The molecule has 0 aliphatic heterocycles. The zero-order chi connectivity index (χ0) is 94.7. The van der Waals surface area contributed by atoms with E-state index in [0.717, 1.165) is 154 Å². The van der Waals surface area contributed by atoms with Gasteiger partial charge in [-0.25, -0.2) is 0 Å². The monoisotopic (exact) mass is 1810 g/mol. The van der Waals surface area contributed by atoms with Gasteiger partial charge in [0.05, 0.1) is 66.2 Å². The van der Waals surface area contributed by atoms with Gasteiger partial charge in [0.1, 0.15) is 10.0 Å². The summed E-state index contributed by atoms with van der Waals surface area (Å²) < 4.78 is 121. The molecule has 0 unspecified atom stereocenters. The number of benzene rings is 12. The largest absolute Gasteiger partial charge is 0.380 e. The number of thiophene rings is 2. The van der Waals surface area contributed by atoms with Crippen molar-refractivity contribution < 1.29 is 26.3 Å². The van der Waals surface area contributed by atoms with Gasteiger partial charge in [0.15, 0.2) is 0 Å². The fourth-order valence-electron chi connectivity index (χ4n) is 21.0. The van der Waals surface area contributed by atoms with Gasteiger partial charge in [-0.1, -0.05) is 215 Å². The molecule has 12 aromatic carbocycles. The van der Waals surface area contributed by atoms with Crippen LogP contribution in [0, 0.1) is 13.8 Å². The lowest BCUT2D eigenvalue weighted by atomic mass is 9.85. The topological polar surface area (TPSA) is 29.6 Å². The summed E-state index contributed by atoms with van der Waals surface area (Å²) >= 11 is 2.24. The molecule has 0 saturated heterocycles. The van der Waals surface area contributed by atoms with E-state index in [0.29, 0.717) is 32.1 Å². The van der Waals surface area contributed by atoms with Gasteiger partial charge >= 0.3 is 17.8 Å². The second kappa shape index (κ2) is 28.6. The standard InChI is InChI=1S/C119H116F6N6S2/c1-65-79(63-105(132-65)130-101-47-35-75(126-93-39-27-67(109(3,4)5)51-81(93)82-52-68(110(6,7)8)28-40-94(82)126)59-89(101)90-60-76(36-48-102(90)130)127-95-41-29-69(111(9,10)11)53-83(95)84-54-70(112(12,13)14)30-42-96(84)127)107-108(118(122,123)119(124,125)117(107,120)121)80-64-106(133-66(80)2)131-103-49-37-77(128-97-43-31-71(113(15,16)17)55-85(97)86-56-72(114(18,19)20)32-44-98(86)128)61-91(103)92-62-78(38-50-104(92)131)129-99-45-33-73(115(21,22)23)57-87(99)88-58-74(116(24,25)26)34-46-100(88)129/h27-64H,1-26H3. The fraction of sp³-hybridized carbons (Fsp3) is 0.311. The Bertz CT molecular complexity index is 7260. The molecule has 0 atom stereocenters. The van der Waals surface area contributed by atoms with Crippen molar-refractivity contribution in [2.45, 2.75) is 241 Å². The number of nitrogens with zero attached hydrogens (tertiary/aromatic N) is 6. The van der Waals surface area contributed by atoms with E-state index in [-0.39, 0.29) is 64.2 Å². The minimum Gasteiger partial charge on any atom is -0.309 e. The lowest BCUT2D eigenvalue weighted by molar-refractivity contribution is -0.254. The third-order valence-electron chi connectivity index (χ3n) is 28.9. The minimum atomic E-state index is -5.86. The smallest absolute Gasteiger partial charge is 0.309 e. The summed E-state index contributed by atoms with van der Waals surface area (Å²) in [4.78, 5) is 0.343. The number of hydrogen-bond donors (Lipinski definition) is 0. The predicted octanol–water partition coefficient (Wildman–Crippen LogP) is 35.2. The van der Waals surface area contributed by atoms with Gasteiger partial charge in [0, 0.05) is 119 Å². The fourth-order valence-corrected chi connectivity index (χ4v) is 23.1. The van der Waals surface area contributed by atoms with E-state index in [1.54, 1.807) is 13.8 Å². The first-order valence-electron chi connectivity index (χ1n) is 46.7. The van der Waals surface area contributed by atoms with E-state index < -0.39 is 28.9 Å². The van der Waals surface area contributed by atoms with Crippen LogP contribution in [-0.4, -0.2) is 45.2 Å². The first-order valence-corrected chi connectivity index (χ1v) is 48.4. The van der Waals surface area contributed by atoms with Crippen molar-refractivity contribution in [3.63, 3.8) is 0 Å². The van der Waals surface area contributed by atoms with E-state index in [1.165, 1.54) is 56.6 Å². The molecule has 0 N–H and O–H groups in total. The molecule has 0 radical (unpaired) electrons. The number of aryl methyl sites for hydroxylation is 2. The zero-order valence-electron chi connectivity index (χ0n) is 81.2. The summed E-state index contributed by atoms with van der Waals surface area (Å²) in [6.07, 6.45) is 0. The molecule has 0 saturated carbocycles. The molecule has 0 bridgehead atoms. The van der Waals surface area contributed by atoms with Crippen LogP contribution in [0.4, 0.5) is 26.3 Å². The van der Waals surface area contributed by atoms with Gasteiger partial charge in [-0.05, 0) is 284 Å². The molecular formula is C119H116F6N6S2. The summed E-state index contributed by atoms with van der Waals surface area (Å²) in [6, 6.07) is 82.5. The van der Waals surface area contributed by atoms with Crippen LogP contribution in [0.5, 0.6) is 0 Å². The predicted molar refractivity (Wildman–Crippen MR) is 555 cm³/mol. The van der Waals surface area contributed by atoms with Gasteiger partial charge in [0.25, 0.3) is 0 Å². The highest BCUT2D eigenvalue weighted by atomic mass is 32.1. The highest BCUT2D eigenvalue weighted by Crippen LogP contribution is 2.67. The van der Waals surface area contributed by atoms with Crippen molar-refractivity contribution in [2.75, 3.05) is 0 Å². The zero-order valence-corrected chi connectivity index (χ0v) is 82.8. The van der Waals surface area contributed by atoms with Gasteiger partial charge < -0.3 is 27.4 Å². The van der Waals surface area contributed by atoms with Crippen LogP contribution < -0.4 is 0 Å². The van der Waals surface area contributed by atoms with Crippen molar-refractivity contribution in [1.82, 2.24) is 27.4 Å². The third kappa shape index (κ3) is 13.4. The van der Waals surface area contributed by atoms with E-state index >= 15 is 26.3 Å². The number of rotatable bonds is 8. The van der Waals surface area contributed by atoms with Crippen LogP contribution in [0.1, 0.15) is 232 Å². The van der Waals surface area contributed by atoms with Crippen LogP contribution in [0.2, 0.25) is 0 Å². The van der Waals surface area contributed by atoms with Crippen molar-refractivity contribution in [3.05, 3.63) is 296 Å². The number of halogens is 6. The molecule has 8 aromatic heterocycles. The van der Waals surface area contributed by atoms with Crippen molar-refractivity contribution in [3.8, 4) is 32.8 Å². The minimum absolute atomic E-state index is 0.143. The van der Waals surface area contributed by atoms with Crippen LogP contribution in [0.15, 0.2) is 231 Å². The summed E-state index contributed by atoms with van der Waals surface area (Å²) in [6.45, 7) is 56.8. The maximum atomic E-state index is 18.2. The second-order valence-corrected chi connectivity index (χ2v) is 48.7. The number of hydrogen-bond acceptors (Lipinski definition) is 2. The summed E-state index contributed by atoms with van der Waals surface area (Å²) in [5, 5.41) is 13.1. The number of alkyl halides is 6. The Labute approximate surface area is 782 Å². The normalized spacial score (nSPS) is 15.2. The Morgan fingerprint density at radius 3 is 0.511 bits per heavy atom. The molecule has 8 heterocycles. The van der Waals surface area contributed by atoms with Gasteiger partial charge in [-0.3, -0.25) is 0 Å². The highest BCUT2D eigenvalue weighted by Gasteiger charge is 2.80. The molecule has 20 aromatic rings. The summed E-state index contributed by atoms with van der Waals surface area (Å²) in [5.74, 6) is -16.6. The van der Waals surface area contributed by atoms with E-state index in [9.17, 15) is 0 Å². The van der Waals surface area contributed by atoms with Crippen molar-refractivity contribution >= 4 is 165 Å². The van der Waals surface area contributed by atoms with E-state index in [1.807, 2.05) is 9.13 Å². The van der Waals surface area contributed by atoms with Gasteiger partial charge in [0.2, 0.25) is 0 Å². The van der Waals surface area contributed by atoms with Crippen LogP contribution in [0.3, 0.4) is 0 Å². The van der Waals surface area contributed by atoms with Crippen LogP contribution >= 0.6 is 22.7 Å². The van der Waals surface area contributed by atoms with Crippen LogP contribution in [-0.2, 0) is 43.3 Å². The molecule has 676 valence electrons. The lowest BCUT2D eigenvalue weighted by Gasteiger charge is -2.25. The molecule has 6 nitrogen and oxygen atoms in total. The quantitative estimate of drug-likeness (QED) is 0.136. The molecular weight excluding hydrogens is 1690 g/mol. The molecule has 0 spiro atoms. The summed E-state index contributed by atoms with van der Waals surface area (Å²) in [5.41, 5.74) is 19.5.